The number of benzene rings is 2. The second kappa shape index (κ2) is 9.37. The Kier molecular flexibility index (Phi) is 6.88. The Hall–Kier alpha value is -2.15. The highest BCUT2D eigenvalue weighted by Gasteiger charge is 2.27. The van der Waals surface area contributed by atoms with Crippen molar-refractivity contribution in [2.45, 2.75) is 12.8 Å². The van der Waals surface area contributed by atoms with Gasteiger partial charge in [-0.05, 0) is 37.1 Å². The van der Waals surface area contributed by atoms with Gasteiger partial charge in [-0.25, -0.2) is 4.79 Å². The summed E-state index contributed by atoms with van der Waals surface area (Å²) in [5, 5.41) is 3.88. The van der Waals surface area contributed by atoms with Crippen LogP contribution in [-0.4, -0.2) is 29.9 Å². The van der Waals surface area contributed by atoms with Crippen molar-refractivity contribution in [3.8, 4) is 0 Å². The number of anilines is 2. The molecule has 3 rings (SSSR count). The Balaban J connectivity index is 1.48. The minimum Gasteiger partial charge on any atom is -0.324 e. The number of hydrogen-bond donors (Lipinski definition) is 3. The van der Waals surface area contributed by atoms with E-state index in [2.05, 4.69) is 16.2 Å². The Labute approximate surface area is 178 Å². The number of rotatable bonds is 4. The molecule has 0 bridgehead atoms. The second-order valence-electron chi connectivity index (χ2n) is 6.42. The van der Waals surface area contributed by atoms with E-state index in [1.165, 1.54) is 12.1 Å². The summed E-state index contributed by atoms with van der Waals surface area (Å²) < 4.78 is 0. The molecule has 6 nitrogen and oxygen atoms in total. The molecule has 28 heavy (non-hydrogen) atoms. The van der Waals surface area contributed by atoms with Crippen LogP contribution in [0.4, 0.5) is 16.2 Å². The SMILES string of the molecule is O=C(NNc1c(Cl)cc(Cl)cc1Cl)C1CCN(C(=O)Nc2ccccc2)CC1. The van der Waals surface area contributed by atoms with E-state index >= 15 is 0 Å². The summed E-state index contributed by atoms with van der Waals surface area (Å²) in [6, 6.07) is 12.2. The molecule has 1 heterocycles. The summed E-state index contributed by atoms with van der Waals surface area (Å²) in [5.74, 6) is -0.386. The van der Waals surface area contributed by atoms with Gasteiger partial charge in [0.25, 0.3) is 0 Å². The molecule has 1 fully saturated rings. The zero-order valence-electron chi connectivity index (χ0n) is 14.8. The van der Waals surface area contributed by atoms with E-state index in [0.717, 1.165) is 5.69 Å². The Bertz CT molecular complexity index is 833. The summed E-state index contributed by atoms with van der Waals surface area (Å²) in [6.07, 6.45) is 1.13. The summed E-state index contributed by atoms with van der Waals surface area (Å²) >= 11 is 18.1. The zero-order valence-corrected chi connectivity index (χ0v) is 17.1. The fourth-order valence-electron chi connectivity index (χ4n) is 2.96. The molecule has 1 saturated heterocycles. The minimum atomic E-state index is -0.210. The first kappa shape index (κ1) is 20.6. The van der Waals surface area contributed by atoms with Crippen molar-refractivity contribution in [3.63, 3.8) is 0 Å². The van der Waals surface area contributed by atoms with Crippen molar-refractivity contribution in [1.29, 1.82) is 0 Å². The number of nitrogens with one attached hydrogen (secondary N) is 3. The largest absolute Gasteiger partial charge is 0.324 e. The van der Waals surface area contributed by atoms with Gasteiger partial charge in [-0.15, -0.1) is 0 Å². The Morgan fingerprint density at radius 2 is 1.57 bits per heavy atom. The van der Waals surface area contributed by atoms with Gasteiger partial charge in [-0.2, -0.15) is 0 Å². The van der Waals surface area contributed by atoms with Crippen LogP contribution in [0, 0.1) is 5.92 Å². The lowest BCUT2D eigenvalue weighted by Crippen LogP contribution is -2.45. The summed E-state index contributed by atoms with van der Waals surface area (Å²) in [7, 11) is 0. The standard InChI is InChI=1S/C19H19Cl3N4O2/c20-13-10-15(21)17(16(22)11-13)24-25-18(27)12-6-8-26(9-7-12)19(28)23-14-4-2-1-3-5-14/h1-5,10-12,24H,6-9H2,(H,23,28)(H,25,27). The summed E-state index contributed by atoms with van der Waals surface area (Å²) in [4.78, 5) is 26.4. The molecular formula is C19H19Cl3N4O2. The van der Waals surface area contributed by atoms with Crippen LogP contribution >= 0.6 is 34.8 Å². The van der Waals surface area contributed by atoms with E-state index in [1.54, 1.807) is 4.90 Å². The van der Waals surface area contributed by atoms with Crippen molar-refractivity contribution in [3.05, 3.63) is 57.5 Å². The number of nitrogens with zero attached hydrogens (tertiary/aromatic N) is 1. The fourth-order valence-corrected chi connectivity index (χ4v) is 3.87. The molecule has 0 aromatic heterocycles. The van der Waals surface area contributed by atoms with Crippen LogP contribution in [0.3, 0.4) is 0 Å². The van der Waals surface area contributed by atoms with Crippen molar-refractivity contribution in [2.24, 2.45) is 5.92 Å². The lowest BCUT2D eigenvalue weighted by Gasteiger charge is -2.31. The average molecular weight is 442 g/mol. The first-order valence-electron chi connectivity index (χ1n) is 8.75. The van der Waals surface area contributed by atoms with Crippen LogP contribution in [0.2, 0.25) is 15.1 Å². The Morgan fingerprint density at radius 3 is 2.18 bits per heavy atom. The van der Waals surface area contributed by atoms with Gasteiger partial charge >= 0.3 is 6.03 Å². The summed E-state index contributed by atoms with van der Waals surface area (Å²) in [5.41, 5.74) is 6.52. The van der Waals surface area contributed by atoms with Crippen LogP contribution in [0.1, 0.15) is 12.8 Å². The van der Waals surface area contributed by atoms with Gasteiger partial charge in [-0.1, -0.05) is 53.0 Å². The quantitative estimate of drug-likeness (QED) is 0.582. The Morgan fingerprint density at radius 1 is 0.964 bits per heavy atom. The van der Waals surface area contributed by atoms with Crippen molar-refractivity contribution in [2.75, 3.05) is 23.8 Å². The fraction of sp³-hybridized carbons (Fsp3) is 0.263. The molecule has 1 aliphatic rings. The maximum absolute atomic E-state index is 12.4. The molecule has 0 spiro atoms. The number of para-hydroxylation sites is 1. The summed E-state index contributed by atoms with van der Waals surface area (Å²) in [6.45, 7) is 0.998. The van der Waals surface area contributed by atoms with E-state index < -0.39 is 0 Å². The van der Waals surface area contributed by atoms with E-state index in [4.69, 9.17) is 34.8 Å². The number of carbonyl (C=O) groups excluding carboxylic acids is 2. The lowest BCUT2D eigenvalue weighted by atomic mass is 9.96. The second-order valence-corrected chi connectivity index (χ2v) is 7.67. The predicted molar refractivity (Wildman–Crippen MR) is 113 cm³/mol. The highest BCUT2D eigenvalue weighted by molar-refractivity contribution is 6.41. The molecule has 148 valence electrons. The van der Waals surface area contributed by atoms with Crippen LogP contribution in [0.5, 0.6) is 0 Å². The molecule has 0 saturated carbocycles. The van der Waals surface area contributed by atoms with Crippen molar-refractivity contribution in [1.82, 2.24) is 10.3 Å². The van der Waals surface area contributed by atoms with Crippen LogP contribution in [0.25, 0.3) is 0 Å². The molecule has 2 aromatic rings. The topological polar surface area (TPSA) is 73.5 Å². The minimum absolute atomic E-state index is 0.164. The van der Waals surface area contributed by atoms with Crippen LogP contribution < -0.4 is 16.2 Å². The number of carbonyl (C=O) groups is 2. The van der Waals surface area contributed by atoms with Crippen molar-refractivity contribution >= 4 is 58.1 Å². The maximum atomic E-state index is 12.4. The number of piperidine rings is 1. The van der Waals surface area contributed by atoms with Crippen LogP contribution in [0.15, 0.2) is 42.5 Å². The van der Waals surface area contributed by atoms with Gasteiger partial charge < -0.3 is 10.2 Å². The van der Waals surface area contributed by atoms with Gasteiger partial charge in [0.05, 0.1) is 15.7 Å². The molecule has 3 N–H and O–H groups in total. The molecule has 1 aliphatic heterocycles. The third-order valence-electron chi connectivity index (χ3n) is 4.50. The van der Waals surface area contributed by atoms with E-state index in [9.17, 15) is 9.59 Å². The predicted octanol–water partition coefficient (Wildman–Crippen LogP) is 5.03. The van der Waals surface area contributed by atoms with Gasteiger partial charge in [-0.3, -0.25) is 15.6 Å². The molecule has 0 aliphatic carbocycles. The number of amides is 3. The number of urea groups is 1. The van der Waals surface area contributed by atoms with E-state index in [-0.39, 0.29) is 17.9 Å². The number of halogens is 3. The molecule has 3 amide bonds. The molecule has 9 heteroatoms. The van der Waals surface area contributed by atoms with Gasteiger partial charge in [0.2, 0.25) is 5.91 Å². The third kappa shape index (κ3) is 5.22. The monoisotopic (exact) mass is 440 g/mol. The van der Waals surface area contributed by atoms with Gasteiger partial charge in [0.15, 0.2) is 0 Å². The normalized spacial score (nSPS) is 14.5. The molecule has 0 unspecified atom stereocenters. The number of likely N-dealkylation sites (tertiary alicyclic amines) is 1. The van der Waals surface area contributed by atoms with Crippen molar-refractivity contribution < 1.29 is 9.59 Å². The van der Waals surface area contributed by atoms with Crippen LogP contribution in [-0.2, 0) is 4.79 Å². The molecular weight excluding hydrogens is 423 g/mol. The average Bonchev–Trinajstić information content (AvgIpc) is 2.68. The van der Waals surface area contributed by atoms with Gasteiger partial charge in [0, 0.05) is 29.7 Å². The first-order valence-corrected chi connectivity index (χ1v) is 9.89. The van der Waals surface area contributed by atoms with Gasteiger partial charge in [0.1, 0.15) is 0 Å². The maximum Gasteiger partial charge on any atom is 0.321 e. The first-order chi connectivity index (χ1) is 13.4. The van der Waals surface area contributed by atoms with E-state index in [0.29, 0.717) is 46.7 Å². The lowest BCUT2D eigenvalue weighted by molar-refractivity contribution is -0.125. The highest BCUT2D eigenvalue weighted by atomic mass is 35.5. The smallest absolute Gasteiger partial charge is 0.321 e. The molecule has 0 radical (unpaired) electrons. The zero-order chi connectivity index (χ0) is 20.1. The third-order valence-corrected chi connectivity index (χ3v) is 5.31. The number of hydrogen-bond acceptors (Lipinski definition) is 3. The highest BCUT2D eigenvalue weighted by Crippen LogP contribution is 2.33. The van der Waals surface area contributed by atoms with E-state index in [1.807, 2.05) is 30.3 Å². The molecule has 0 atom stereocenters. The molecule has 2 aromatic carbocycles. The number of hydrazine groups is 1.